The minimum Gasteiger partial charge on any atom is -0.363 e. The number of fused-ring (bicyclic) bond motifs is 1. The van der Waals surface area contributed by atoms with Gasteiger partial charge in [-0.15, -0.1) is 0 Å². The standard InChI is InChI=1S/C12H14N6/c1-17(2)10-5-4-8-11(15-10)16-12(14-8)9-6-18(3)7-13-9/h4-7H,1-3H3,(H,14,15,16). The number of hydrogen-bond acceptors (Lipinski definition) is 4. The monoisotopic (exact) mass is 242 g/mol. The zero-order valence-corrected chi connectivity index (χ0v) is 10.5. The molecule has 6 heteroatoms. The molecule has 0 unspecified atom stereocenters. The van der Waals surface area contributed by atoms with Gasteiger partial charge in [-0.25, -0.2) is 15.0 Å². The van der Waals surface area contributed by atoms with E-state index in [1.54, 1.807) is 6.33 Å². The molecule has 0 aliphatic rings. The van der Waals surface area contributed by atoms with E-state index in [-0.39, 0.29) is 0 Å². The molecule has 0 radical (unpaired) electrons. The lowest BCUT2D eigenvalue weighted by atomic mass is 10.4. The van der Waals surface area contributed by atoms with Crippen LogP contribution in [0.5, 0.6) is 0 Å². The number of aryl methyl sites for hydroxylation is 1. The molecule has 0 fully saturated rings. The van der Waals surface area contributed by atoms with Crippen molar-refractivity contribution in [3.8, 4) is 11.5 Å². The van der Waals surface area contributed by atoms with Gasteiger partial charge < -0.3 is 14.5 Å². The van der Waals surface area contributed by atoms with E-state index in [1.807, 2.05) is 48.9 Å². The van der Waals surface area contributed by atoms with Crippen molar-refractivity contribution >= 4 is 17.0 Å². The molecule has 0 bridgehead atoms. The number of H-pyrrole nitrogens is 1. The molecule has 92 valence electrons. The molecule has 3 heterocycles. The topological polar surface area (TPSA) is 62.6 Å². The fourth-order valence-corrected chi connectivity index (χ4v) is 1.79. The highest BCUT2D eigenvalue weighted by molar-refractivity contribution is 5.76. The van der Waals surface area contributed by atoms with Crippen molar-refractivity contribution in [1.29, 1.82) is 0 Å². The Morgan fingerprint density at radius 3 is 2.72 bits per heavy atom. The lowest BCUT2D eigenvalue weighted by Gasteiger charge is -2.09. The largest absolute Gasteiger partial charge is 0.363 e. The summed E-state index contributed by atoms with van der Waals surface area (Å²) in [5, 5.41) is 0. The van der Waals surface area contributed by atoms with Crippen LogP contribution in [-0.4, -0.2) is 38.6 Å². The number of rotatable bonds is 2. The van der Waals surface area contributed by atoms with Gasteiger partial charge in [0.05, 0.1) is 11.8 Å². The predicted octanol–water partition coefficient (Wildman–Crippen LogP) is 1.42. The first-order valence-corrected chi connectivity index (χ1v) is 5.66. The van der Waals surface area contributed by atoms with Gasteiger partial charge in [-0.2, -0.15) is 0 Å². The van der Waals surface area contributed by atoms with Crippen molar-refractivity contribution in [1.82, 2.24) is 24.5 Å². The first-order valence-electron chi connectivity index (χ1n) is 5.66. The minimum atomic E-state index is 0.710. The summed E-state index contributed by atoms with van der Waals surface area (Å²) in [4.78, 5) is 18.4. The van der Waals surface area contributed by atoms with E-state index in [9.17, 15) is 0 Å². The second-order valence-corrected chi connectivity index (χ2v) is 4.44. The van der Waals surface area contributed by atoms with Crippen LogP contribution in [0, 0.1) is 0 Å². The summed E-state index contributed by atoms with van der Waals surface area (Å²) in [6, 6.07) is 3.94. The average Bonchev–Trinajstić information content (AvgIpc) is 2.93. The van der Waals surface area contributed by atoms with Gasteiger partial charge >= 0.3 is 0 Å². The molecule has 0 saturated carbocycles. The van der Waals surface area contributed by atoms with Crippen molar-refractivity contribution < 1.29 is 0 Å². The van der Waals surface area contributed by atoms with Crippen molar-refractivity contribution in [2.24, 2.45) is 7.05 Å². The van der Waals surface area contributed by atoms with E-state index in [0.717, 1.165) is 22.9 Å². The van der Waals surface area contributed by atoms with Crippen LogP contribution in [0.4, 0.5) is 5.82 Å². The third-order valence-electron chi connectivity index (χ3n) is 2.74. The highest BCUT2D eigenvalue weighted by atomic mass is 15.2. The summed E-state index contributed by atoms with van der Waals surface area (Å²) in [5.41, 5.74) is 2.45. The maximum atomic E-state index is 4.48. The summed E-state index contributed by atoms with van der Waals surface area (Å²) in [5.74, 6) is 1.63. The molecule has 6 nitrogen and oxygen atoms in total. The van der Waals surface area contributed by atoms with Crippen molar-refractivity contribution in [3.05, 3.63) is 24.7 Å². The van der Waals surface area contributed by atoms with Crippen LogP contribution in [0.2, 0.25) is 0 Å². The number of pyridine rings is 1. The fourth-order valence-electron chi connectivity index (χ4n) is 1.79. The van der Waals surface area contributed by atoms with E-state index in [2.05, 4.69) is 19.9 Å². The minimum absolute atomic E-state index is 0.710. The van der Waals surface area contributed by atoms with Crippen LogP contribution in [0.15, 0.2) is 24.7 Å². The van der Waals surface area contributed by atoms with Gasteiger partial charge in [0.2, 0.25) is 0 Å². The van der Waals surface area contributed by atoms with E-state index in [4.69, 9.17) is 0 Å². The fraction of sp³-hybridized carbons (Fsp3) is 0.250. The van der Waals surface area contributed by atoms with Crippen LogP contribution in [-0.2, 0) is 7.05 Å². The molecule has 0 spiro atoms. The van der Waals surface area contributed by atoms with Gasteiger partial charge in [0, 0.05) is 27.3 Å². The first-order chi connectivity index (χ1) is 8.63. The lowest BCUT2D eigenvalue weighted by molar-refractivity contribution is 0.913. The van der Waals surface area contributed by atoms with Crippen LogP contribution < -0.4 is 4.90 Å². The maximum absolute atomic E-state index is 4.48. The van der Waals surface area contributed by atoms with Crippen LogP contribution in [0.1, 0.15) is 0 Å². The highest BCUT2D eigenvalue weighted by Gasteiger charge is 2.09. The van der Waals surface area contributed by atoms with Crippen molar-refractivity contribution in [2.75, 3.05) is 19.0 Å². The summed E-state index contributed by atoms with van der Waals surface area (Å²) < 4.78 is 1.89. The lowest BCUT2D eigenvalue weighted by Crippen LogP contribution is -2.10. The molecule has 3 rings (SSSR count). The number of nitrogens with one attached hydrogen (secondary N) is 1. The van der Waals surface area contributed by atoms with Crippen LogP contribution in [0.25, 0.3) is 22.7 Å². The number of imidazole rings is 2. The second kappa shape index (κ2) is 3.83. The quantitative estimate of drug-likeness (QED) is 0.738. The summed E-state index contributed by atoms with van der Waals surface area (Å²) in [7, 11) is 5.85. The van der Waals surface area contributed by atoms with Gasteiger partial charge in [0.25, 0.3) is 0 Å². The molecule has 0 saturated heterocycles. The van der Waals surface area contributed by atoms with Gasteiger partial charge in [-0.05, 0) is 12.1 Å². The smallest absolute Gasteiger partial charge is 0.180 e. The molecule has 0 aromatic carbocycles. The number of aromatic nitrogens is 5. The maximum Gasteiger partial charge on any atom is 0.180 e. The van der Waals surface area contributed by atoms with Crippen molar-refractivity contribution in [3.63, 3.8) is 0 Å². The van der Waals surface area contributed by atoms with E-state index in [0.29, 0.717) is 5.65 Å². The molecule has 1 N–H and O–H groups in total. The zero-order valence-electron chi connectivity index (χ0n) is 10.5. The average molecular weight is 242 g/mol. The summed E-state index contributed by atoms with van der Waals surface area (Å²) >= 11 is 0. The molecule has 0 amide bonds. The highest BCUT2D eigenvalue weighted by Crippen LogP contribution is 2.19. The van der Waals surface area contributed by atoms with E-state index in [1.165, 1.54) is 0 Å². The Hall–Kier alpha value is -2.37. The normalized spacial score (nSPS) is 11.1. The Kier molecular flexibility index (Phi) is 2.29. The summed E-state index contributed by atoms with van der Waals surface area (Å²) in [6.45, 7) is 0. The molecule has 3 aromatic heterocycles. The molecular weight excluding hydrogens is 228 g/mol. The number of hydrogen-bond donors (Lipinski definition) is 1. The second-order valence-electron chi connectivity index (χ2n) is 4.44. The number of nitrogens with zero attached hydrogens (tertiary/aromatic N) is 5. The molecular formula is C12H14N6. The molecule has 18 heavy (non-hydrogen) atoms. The Morgan fingerprint density at radius 1 is 1.22 bits per heavy atom. The van der Waals surface area contributed by atoms with Crippen LogP contribution in [0.3, 0.4) is 0 Å². The predicted molar refractivity (Wildman–Crippen MR) is 70.4 cm³/mol. The van der Waals surface area contributed by atoms with Crippen molar-refractivity contribution in [2.45, 2.75) is 0 Å². The third-order valence-corrected chi connectivity index (χ3v) is 2.74. The Labute approximate surface area is 104 Å². The van der Waals surface area contributed by atoms with Gasteiger partial charge in [-0.3, -0.25) is 0 Å². The summed E-state index contributed by atoms with van der Waals surface area (Å²) in [6.07, 6.45) is 3.67. The van der Waals surface area contributed by atoms with E-state index >= 15 is 0 Å². The van der Waals surface area contributed by atoms with Gasteiger partial charge in [0.15, 0.2) is 11.5 Å². The zero-order chi connectivity index (χ0) is 12.7. The van der Waals surface area contributed by atoms with Gasteiger partial charge in [-0.1, -0.05) is 0 Å². The molecule has 0 atom stereocenters. The molecule has 0 aliphatic carbocycles. The molecule has 0 aliphatic heterocycles. The van der Waals surface area contributed by atoms with Gasteiger partial charge in [0.1, 0.15) is 11.5 Å². The number of anilines is 1. The Morgan fingerprint density at radius 2 is 2.06 bits per heavy atom. The Balaban J connectivity index is 2.11. The Bertz CT molecular complexity index is 693. The van der Waals surface area contributed by atoms with Crippen LogP contribution >= 0.6 is 0 Å². The van der Waals surface area contributed by atoms with E-state index < -0.39 is 0 Å². The SMILES string of the molecule is CN(C)c1ccc2[nH]c(-c3cn(C)cn3)nc2n1. The number of aromatic amines is 1. The first kappa shape index (κ1) is 10.8. The third kappa shape index (κ3) is 1.71. The molecule has 3 aromatic rings.